The van der Waals surface area contributed by atoms with Crippen LogP contribution in [-0.2, 0) is 0 Å². The van der Waals surface area contributed by atoms with Crippen LogP contribution < -0.4 is 10.1 Å². The van der Waals surface area contributed by atoms with Crippen molar-refractivity contribution < 1.29 is 4.74 Å². The summed E-state index contributed by atoms with van der Waals surface area (Å²) in [5, 5.41) is 3.53. The number of anilines is 1. The highest BCUT2D eigenvalue weighted by molar-refractivity contribution is 5.53. The largest absolute Gasteiger partial charge is 0.489 e. The highest BCUT2D eigenvalue weighted by Crippen LogP contribution is 2.28. The van der Waals surface area contributed by atoms with Crippen molar-refractivity contribution in [2.45, 2.75) is 13.0 Å². The summed E-state index contributed by atoms with van der Waals surface area (Å²) in [5.41, 5.74) is 4.23. The SMILES string of the molecule is C=CCOc1ccccc1C(C#Cc1ccccc1)Nc1ccc(C)cc1. The van der Waals surface area contributed by atoms with Crippen molar-refractivity contribution >= 4 is 5.69 Å². The van der Waals surface area contributed by atoms with Gasteiger partial charge in [0.15, 0.2) is 0 Å². The molecule has 1 N–H and O–H groups in total. The van der Waals surface area contributed by atoms with Crippen molar-refractivity contribution in [3.63, 3.8) is 0 Å². The quantitative estimate of drug-likeness (QED) is 0.449. The minimum Gasteiger partial charge on any atom is -0.489 e. The van der Waals surface area contributed by atoms with E-state index in [4.69, 9.17) is 4.74 Å². The number of hydrogen-bond acceptors (Lipinski definition) is 2. The molecule has 27 heavy (non-hydrogen) atoms. The molecule has 0 aromatic heterocycles. The molecule has 0 bridgehead atoms. The molecule has 2 nitrogen and oxygen atoms in total. The van der Waals surface area contributed by atoms with Gasteiger partial charge < -0.3 is 10.1 Å². The predicted octanol–water partition coefficient (Wildman–Crippen LogP) is 5.76. The fourth-order valence-electron chi connectivity index (χ4n) is 2.68. The summed E-state index contributed by atoms with van der Waals surface area (Å²) >= 11 is 0. The Kier molecular flexibility index (Phi) is 6.33. The number of hydrogen-bond donors (Lipinski definition) is 1. The topological polar surface area (TPSA) is 21.3 Å². The summed E-state index contributed by atoms with van der Waals surface area (Å²) in [6, 6.07) is 26.1. The molecule has 1 unspecified atom stereocenters. The van der Waals surface area contributed by atoms with Crippen molar-refractivity contribution in [2.24, 2.45) is 0 Å². The Bertz CT molecular complexity index is 933. The van der Waals surface area contributed by atoms with Crippen LogP contribution >= 0.6 is 0 Å². The Balaban J connectivity index is 1.96. The molecule has 0 aliphatic heterocycles. The van der Waals surface area contributed by atoms with E-state index in [0.29, 0.717) is 6.61 Å². The van der Waals surface area contributed by atoms with Crippen LogP contribution in [0.4, 0.5) is 5.69 Å². The number of rotatable bonds is 6. The van der Waals surface area contributed by atoms with Crippen molar-refractivity contribution in [3.8, 4) is 17.6 Å². The molecule has 0 saturated carbocycles. The zero-order valence-electron chi connectivity index (χ0n) is 15.5. The van der Waals surface area contributed by atoms with Crippen LogP contribution in [0.1, 0.15) is 22.7 Å². The maximum atomic E-state index is 5.85. The van der Waals surface area contributed by atoms with Gasteiger partial charge in [-0.2, -0.15) is 0 Å². The Labute approximate surface area is 161 Å². The van der Waals surface area contributed by atoms with Crippen molar-refractivity contribution in [3.05, 3.63) is 108 Å². The minimum atomic E-state index is -0.200. The van der Waals surface area contributed by atoms with E-state index in [1.54, 1.807) is 6.08 Å². The lowest BCUT2D eigenvalue weighted by molar-refractivity contribution is 0.359. The zero-order chi connectivity index (χ0) is 18.9. The lowest BCUT2D eigenvalue weighted by atomic mass is 10.0. The van der Waals surface area contributed by atoms with Gasteiger partial charge in [-0.1, -0.05) is 78.6 Å². The highest BCUT2D eigenvalue weighted by atomic mass is 16.5. The molecule has 0 fully saturated rings. The van der Waals surface area contributed by atoms with Crippen molar-refractivity contribution in [1.82, 2.24) is 0 Å². The molecular formula is C25H23NO. The average molecular weight is 353 g/mol. The molecule has 3 rings (SSSR count). The first-order valence-corrected chi connectivity index (χ1v) is 8.98. The fourth-order valence-corrected chi connectivity index (χ4v) is 2.68. The second-order valence-electron chi connectivity index (χ2n) is 6.22. The molecule has 0 saturated heterocycles. The Morgan fingerprint density at radius 1 is 0.963 bits per heavy atom. The van der Waals surface area contributed by atoms with Gasteiger partial charge in [0.25, 0.3) is 0 Å². The van der Waals surface area contributed by atoms with E-state index < -0.39 is 0 Å². The molecular weight excluding hydrogens is 330 g/mol. The minimum absolute atomic E-state index is 0.200. The van der Waals surface area contributed by atoms with E-state index in [1.165, 1.54) is 5.56 Å². The average Bonchev–Trinajstić information content (AvgIpc) is 2.72. The van der Waals surface area contributed by atoms with Gasteiger partial charge >= 0.3 is 0 Å². The van der Waals surface area contributed by atoms with Gasteiger partial charge in [-0.25, -0.2) is 0 Å². The molecule has 0 aliphatic carbocycles. The van der Waals surface area contributed by atoms with Gasteiger partial charge in [0.1, 0.15) is 18.4 Å². The van der Waals surface area contributed by atoms with Gasteiger partial charge in [-0.3, -0.25) is 0 Å². The number of nitrogens with one attached hydrogen (secondary N) is 1. The number of benzene rings is 3. The van der Waals surface area contributed by atoms with Crippen molar-refractivity contribution in [1.29, 1.82) is 0 Å². The first kappa shape index (κ1) is 18.4. The van der Waals surface area contributed by atoms with E-state index in [-0.39, 0.29) is 6.04 Å². The third-order valence-electron chi connectivity index (χ3n) is 4.08. The van der Waals surface area contributed by atoms with E-state index in [9.17, 15) is 0 Å². The predicted molar refractivity (Wildman–Crippen MR) is 113 cm³/mol. The lowest BCUT2D eigenvalue weighted by Gasteiger charge is -2.18. The Morgan fingerprint density at radius 3 is 2.41 bits per heavy atom. The molecule has 134 valence electrons. The van der Waals surface area contributed by atoms with Gasteiger partial charge in [0, 0.05) is 16.8 Å². The second-order valence-corrected chi connectivity index (χ2v) is 6.22. The first-order valence-electron chi connectivity index (χ1n) is 8.98. The van der Waals surface area contributed by atoms with E-state index >= 15 is 0 Å². The third-order valence-corrected chi connectivity index (χ3v) is 4.08. The highest BCUT2D eigenvalue weighted by Gasteiger charge is 2.14. The summed E-state index contributed by atoms with van der Waals surface area (Å²) in [6.45, 7) is 6.27. The molecule has 0 amide bonds. The fraction of sp³-hybridized carbons (Fsp3) is 0.120. The summed E-state index contributed by atoms with van der Waals surface area (Å²) < 4.78 is 5.85. The molecule has 3 aromatic carbocycles. The maximum Gasteiger partial charge on any atom is 0.126 e. The number of ether oxygens (including phenoxy) is 1. The summed E-state index contributed by atoms with van der Waals surface area (Å²) in [7, 11) is 0. The maximum absolute atomic E-state index is 5.85. The van der Waals surface area contributed by atoms with Crippen molar-refractivity contribution in [2.75, 3.05) is 11.9 Å². The molecule has 0 aliphatic rings. The number of para-hydroxylation sites is 1. The van der Waals surface area contributed by atoms with Gasteiger partial charge in [-0.15, -0.1) is 0 Å². The summed E-state index contributed by atoms with van der Waals surface area (Å²) in [4.78, 5) is 0. The van der Waals surface area contributed by atoms with Crippen LogP contribution in [0, 0.1) is 18.8 Å². The second kappa shape index (κ2) is 9.31. The Morgan fingerprint density at radius 2 is 1.67 bits per heavy atom. The van der Waals surface area contributed by atoms with Gasteiger partial charge in [0.05, 0.1) is 0 Å². The van der Waals surface area contributed by atoms with E-state index in [0.717, 1.165) is 22.6 Å². The third kappa shape index (κ3) is 5.26. The van der Waals surface area contributed by atoms with Crippen LogP contribution in [0.25, 0.3) is 0 Å². The number of aryl methyl sites for hydroxylation is 1. The lowest BCUT2D eigenvalue weighted by Crippen LogP contribution is -2.11. The van der Waals surface area contributed by atoms with E-state index in [2.05, 4.69) is 54.9 Å². The first-order chi connectivity index (χ1) is 13.3. The van der Waals surface area contributed by atoms with E-state index in [1.807, 2.05) is 54.6 Å². The Hall–Kier alpha value is -3.44. The normalized spacial score (nSPS) is 11.0. The van der Waals surface area contributed by atoms with Gasteiger partial charge in [-0.05, 0) is 37.3 Å². The molecule has 2 heteroatoms. The van der Waals surface area contributed by atoms with Crippen LogP contribution in [0.3, 0.4) is 0 Å². The molecule has 0 spiro atoms. The van der Waals surface area contributed by atoms with Crippen LogP contribution in [0.2, 0.25) is 0 Å². The molecule has 0 heterocycles. The zero-order valence-corrected chi connectivity index (χ0v) is 15.5. The molecule has 1 atom stereocenters. The van der Waals surface area contributed by atoms with Crippen LogP contribution in [-0.4, -0.2) is 6.61 Å². The summed E-state index contributed by atoms with van der Waals surface area (Å²) in [6.07, 6.45) is 1.74. The molecule has 0 radical (unpaired) electrons. The van der Waals surface area contributed by atoms with Gasteiger partial charge in [0.2, 0.25) is 0 Å². The summed E-state index contributed by atoms with van der Waals surface area (Å²) in [5.74, 6) is 7.44. The standard InChI is InChI=1S/C25H23NO/c1-3-19-27-25-12-8-7-11-23(25)24(18-15-21-9-5-4-6-10-21)26-22-16-13-20(2)14-17-22/h3-14,16-17,24,26H,1,19H2,2H3. The monoisotopic (exact) mass is 353 g/mol. The van der Waals surface area contributed by atoms with Crippen LogP contribution in [0.15, 0.2) is 91.5 Å². The van der Waals surface area contributed by atoms with Crippen LogP contribution in [0.5, 0.6) is 5.75 Å². The molecule has 3 aromatic rings. The smallest absolute Gasteiger partial charge is 0.126 e.